The lowest BCUT2D eigenvalue weighted by Gasteiger charge is -2.32. The van der Waals surface area contributed by atoms with E-state index in [9.17, 15) is 35.1 Å². The lowest BCUT2D eigenvalue weighted by molar-refractivity contribution is -0.275. The summed E-state index contributed by atoms with van der Waals surface area (Å²) in [6.45, 7) is 2.04. The number of H-pyrrole nitrogens is 1. The van der Waals surface area contributed by atoms with Gasteiger partial charge in [0.05, 0.1) is 24.3 Å². The highest BCUT2D eigenvalue weighted by molar-refractivity contribution is 5.74. The monoisotopic (exact) mass is 495 g/mol. The van der Waals surface area contributed by atoms with E-state index in [1.165, 1.54) is 6.92 Å². The molecule has 3 heterocycles. The van der Waals surface area contributed by atoms with Gasteiger partial charge in [0, 0.05) is 17.4 Å². The van der Waals surface area contributed by atoms with Crippen molar-refractivity contribution in [2.45, 2.75) is 43.8 Å². The van der Waals surface area contributed by atoms with Crippen molar-refractivity contribution in [2.75, 3.05) is 7.11 Å². The van der Waals surface area contributed by atoms with E-state index in [0.717, 1.165) is 32.4 Å². The van der Waals surface area contributed by atoms with Gasteiger partial charge >= 0.3 is 12.4 Å². The topological polar surface area (TPSA) is 60.0 Å². The van der Waals surface area contributed by atoms with Crippen LogP contribution in [0.5, 0.6) is 5.75 Å². The average molecular weight is 495 g/mol. The Bertz CT molecular complexity index is 1240. The van der Waals surface area contributed by atoms with Crippen LogP contribution in [0.2, 0.25) is 0 Å². The maximum atomic E-state index is 14.4. The van der Waals surface area contributed by atoms with E-state index < -0.39 is 59.0 Å². The molecule has 0 amide bonds. The zero-order chi connectivity index (χ0) is 25.2. The molecule has 0 aliphatic carbocycles. The number of hydrogen-bond acceptors (Lipinski definition) is 4. The number of benzene rings is 1. The Morgan fingerprint density at radius 3 is 2.38 bits per heavy atom. The standard InChI is InChI=1S/C21H17F8N3O2/c1-8-14(9-4-5-10(22)15(23)16(9)33-3)17(34-19(8,2)21(27,28)29)18-31-11-6-13(20(24,25)26)30-7-12(11)32-18/h4-8,14,17H,1-3H3,(H,31,32)/t8-,14-,17+,19+/m0/s1. The Kier molecular flexibility index (Phi) is 5.54. The van der Waals surface area contributed by atoms with E-state index in [4.69, 9.17) is 9.47 Å². The number of pyridine rings is 1. The molecule has 0 bridgehead atoms. The minimum atomic E-state index is -4.87. The lowest BCUT2D eigenvalue weighted by Crippen LogP contribution is -2.46. The van der Waals surface area contributed by atoms with Gasteiger partial charge in [0.2, 0.25) is 5.82 Å². The third-order valence-corrected chi connectivity index (χ3v) is 6.26. The van der Waals surface area contributed by atoms with Crippen molar-refractivity contribution in [3.05, 3.63) is 53.1 Å². The summed E-state index contributed by atoms with van der Waals surface area (Å²) in [4.78, 5) is 9.97. The molecule has 1 N–H and O–H groups in total. The molecule has 3 aromatic rings. The number of nitrogens with one attached hydrogen (secondary N) is 1. The summed E-state index contributed by atoms with van der Waals surface area (Å²) >= 11 is 0. The summed E-state index contributed by atoms with van der Waals surface area (Å²) in [5.74, 6) is -6.10. The number of imidazole rings is 1. The van der Waals surface area contributed by atoms with Crippen LogP contribution in [0, 0.1) is 17.6 Å². The third kappa shape index (κ3) is 3.65. The number of nitrogens with zero attached hydrogens (tertiary/aromatic N) is 2. The highest BCUT2D eigenvalue weighted by Gasteiger charge is 2.65. The van der Waals surface area contributed by atoms with Crippen LogP contribution in [0.4, 0.5) is 35.1 Å². The first-order valence-corrected chi connectivity index (χ1v) is 9.88. The Morgan fingerprint density at radius 1 is 1.12 bits per heavy atom. The van der Waals surface area contributed by atoms with Gasteiger partial charge in [-0.15, -0.1) is 0 Å². The van der Waals surface area contributed by atoms with E-state index in [1.54, 1.807) is 0 Å². The number of ether oxygens (including phenoxy) is 2. The van der Waals surface area contributed by atoms with Crippen LogP contribution in [0.3, 0.4) is 0 Å². The minimum absolute atomic E-state index is 0.0240. The van der Waals surface area contributed by atoms with Crippen LogP contribution >= 0.6 is 0 Å². The maximum Gasteiger partial charge on any atom is 0.433 e. The molecule has 184 valence electrons. The van der Waals surface area contributed by atoms with E-state index >= 15 is 0 Å². The number of rotatable bonds is 3. The molecule has 0 saturated carbocycles. The van der Waals surface area contributed by atoms with Crippen molar-refractivity contribution in [1.82, 2.24) is 15.0 Å². The highest BCUT2D eigenvalue weighted by Crippen LogP contribution is 2.59. The molecule has 1 aromatic carbocycles. The molecule has 0 spiro atoms. The molecule has 1 saturated heterocycles. The van der Waals surface area contributed by atoms with Crippen LogP contribution in [-0.4, -0.2) is 33.8 Å². The number of aromatic amines is 1. The van der Waals surface area contributed by atoms with Gasteiger partial charge in [-0.2, -0.15) is 30.7 Å². The van der Waals surface area contributed by atoms with Gasteiger partial charge in [-0.3, -0.25) is 0 Å². The molecule has 1 aliphatic heterocycles. The predicted octanol–water partition coefficient (Wildman–Crippen LogP) is 6.08. The second kappa shape index (κ2) is 7.79. The molecule has 0 unspecified atom stereocenters. The quantitative estimate of drug-likeness (QED) is 0.448. The number of fused-ring (bicyclic) bond motifs is 1. The summed E-state index contributed by atoms with van der Waals surface area (Å²) in [6, 6.07) is 2.48. The summed E-state index contributed by atoms with van der Waals surface area (Å²) in [6.07, 6.45) is -10.3. The molecule has 34 heavy (non-hydrogen) atoms. The zero-order valence-electron chi connectivity index (χ0n) is 17.8. The molecule has 13 heteroatoms. The average Bonchev–Trinajstić information content (AvgIpc) is 3.28. The SMILES string of the molecule is COc1c([C@H]2[C@H](c3nc4cc(C(F)(F)F)ncc4[nH]3)O[C@@](C)(C(F)(F)F)[C@H]2C)ccc(F)c1F. The zero-order valence-corrected chi connectivity index (χ0v) is 17.8. The largest absolute Gasteiger partial charge is 0.493 e. The van der Waals surface area contributed by atoms with Crippen LogP contribution in [0.1, 0.15) is 43.0 Å². The second-order valence-corrected chi connectivity index (χ2v) is 8.15. The van der Waals surface area contributed by atoms with Crippen molar-refractivity contribution >= 4 is 11.0 Å². The Balaban J connectivity index is 1.90. The molecular formula is C21H17F8N3O2. The summed E-state index contributed by atoms with van der Waals surface area (Å²) in [5, 5.41) is 0. The van der Waals surface area contributed by atoms with Gasteiger partial charge in [0.15, 0.2) is 17.2 Å². The fourth-order valence-corrected chi connectivity index (χ4v) is 4.27. The van der Waals surface area contributed by atoms with Crippen molar-refractivity contribution in [1.29, 1.82) is 0 Å². The second-order valence-electron chi connectivity index (χ2n) is 8.15. The number of halogens is 8. The smallest absolute Gasteiger partial charge is 0.433 e. The van der Waals surface area contributed by atoms with Crippen molar-refractivity contribution in [3.63, 3.8) is 0 Å². The number of aromatic nitrogens is 3. The van der Waals surface area contributed by atoms with Crippen LogP contribution in [-0.2, 0) is 10.9 Å². The molecule has 2 aromatic heterocycles. The van der Waals surface area contributed by atoms with Gasteiger partial charge in [-0.1, -0.05) is 13.0 Å². The Hall–Kier alpha value is -2.96. The lowest BCUT2D eigenvalue weighted by atomic mass is 9.77. The number of methoxy groups -OCH3 is 1. The molecule has 0 radical (unpaired) electrons. The normalized spacial score (nSPS) is 25.8. The minimum Gasteiger partial charge on any atom is -0.493 e. The van der Waals surface area contributed by atoms with Crippen molar-refractivity contribution in [2.24, 2.45) is 5.92 Å². The van der Waals surface area contributed by atoms with E-state index in [2.05, 4.69) is 15.0 Å². The highest BCUT2D eigenvalue weighted by atomic mass is 19.4. The van der Waals surface area contributed by atoms with Gasteiger partial charge in [0.1, 0.15) is 17.6 Å². The molecule has 5 nitrogen and oxygen atoms in total. The molecular weight excluding hydrogens is 478 g/mol. The number of hydrogen-bond donors (Lipinski definition) is 1. The van der Waals surface area contributed by atoms with Crippen LogP contribution < -0.4 is 4.74 Å². The molecule has 4 rings (SSSR count). The maximum absolute atomic E-state index is 14.4. The van der Waals surface area contributed by atoms with Gasteiger partial charge in [-0.05, 0) is 19.1 Å². The fourth-order valence-electron chi connectivity index (χ4n) is 4.27. The van der Waals surface area contributed by atoms with Crippen molar-refractivity contribution in [3.8, 4) is 5.75 Å². The summed E-state index contributed by atoms with van der Waals surface area (Å²) < 4.78 is 120. The van der Waals surface area contributed by atoms with Crippen molar-refractivity contribution < 1.29 is 44.6 Å². The Labute approximate surface area is 187 Å². The van der Waals surface area contributed by atoms with Gasteiger partial charge < -0.3 is 14.5 Å². The Morgan fingerprint density at radius 2 is 1.79 bits per heavy atom. The summed E-state index contributed by atoms with van der Waals surface area (Å²) in [5.41, 5.74) is -4.27. The van der Waals surface area contributed by atoms with Gasteiger partial charge in [0.25, 0.3) is 0 Å². The molecule has 1 fully saturated rings. The first-order chi connectivity index (χ1) is 15.7. The van der Waals surface area contributed by atoms with E-state index in [-0.39, 0.29) is 22.4 Å². The number of alkyl halides is 6. The van der Waals surface area contributed by atoms with Crippen LogP contribution in [0.25, 0.3) is 11.0 Å². The first-order valence-electron chi connectivity index (χ1n) is 9.88. The summed E-state index contributed by atoms with van der Waals surface area (Å²) in [7, 11) is 1.03. The molecule has 1 aliphatic rings. The van der Waals surface area contributed by atoms with E-state index in [0.29, 0.717) is 6.07 Å². The predicted molar refractivity (Wildman–Crippen MR) is 102 cm³/mol. The van der Waals surface area contributed by atoms with Gasteiger partial charge in [-0.25, -0.2) is 14.4 Å². The first kappa shape index (κ1) is 24.2. The third-order valence-electron chi connectivity index (χ3n) is 6.26. The van der Waals surface area contributed by atoms with E-state index in [1.807, 2.05) is 0 Å². The molecule has 4 atom stereocenters. The van der Waals surface area contributed by atoms with Crippen LogP contribution in [0.15, 0.2) is 24.4 Å². The fraction of sp³-hybridized carbons (Fsp3) is 0.429.